The summed E-state index contributed by atoms with van der Waals surface area (Å²) in [5.41, 5.74) is 0.757. The van der Waals surface area contributed by atoms with Crippen molar-refractivity contribution in [1.82, 2.24) is 15.6 Å². The molecule has 0 aliphatic heterocycles. The number of aromatic nitrogens is 1. The number of pyridine rings is 1. The van der Waals surface area contributed by atoms with Crippen molar-refractivity contribution in [2.45, 2.75) is 26.1 Å². The lowest BCUT2D eigenvalue weighted by Gasteiger charge is -2.12. The number of guanidine groups is 1. The summed E-state index contributed by atoms with van der Waals surface area (Å²) in [5.74, 6) is 0.778. The minimum atomic E-state index is -4.18. The van der Waals surface area contributed by atoms with Crippen LogP contribution in [0.3, 0.4) is 0 Å². The summed E-state index contributed by atoms with van der Waals surface area (Å²) in [6, 6.07) is 3.55. The molecule has 1 heterocycles. The second kappa shape index (κ2) is 8.33. The topological polar surface area (TPSA) is 58.5 Å². The molecule has 2 N–H and O–H groups in total. The van der Waals surface area contributed by atoms with Crippen LogP contribution < -0.4 is 15.4 Å². The molecule has 0 saturated carbocycles. The Morgan fingerprint density at radius 1 is 1.38 bits per heavy atom. The molecule has 8 heteroatoms. The molecule has 0 atom stereocenters. The smallest absolute Gasteiger partial charge is 0.390 e. The summed E-state index contributed by atoms with van der Waals surface area (Å²) in [5, 5.41) is 5.53. The van der Waals surface area contributed by atoms with Crippen molar-refractivity contribution < 1.29 is 17.9 Å². The zero-order valence-electron chi connectivity index (χ0n) is 12.0. The normalized spacial score (nSPS) is 12.1. The highest BCUT2D eigenvalue weighted by Gasteiger charge is 2.26. The zero-order chi connectivity index (χ0) is 15.7. The standard InChI is InChI=1S/C13H19F3N4O/c1-3-17-12(19-8-6-13(14,15)16)20-9-10-5-4-7-18-11(10)21-2/h4-5,7H,3,6,8-9H2,1-2H3,(H2,17,19,20). The highest BCUT2D eigenvalue weighted by atomic mass is 19.4. The lowest BCUT2D eigenvalue weighted by atomic mass is 10.3. The molecule has 0 fully saturated rings. The van der Waals surface area contributed by atoms with Crippen LogP contribution in [-0.4, -0.2) is 37.3 Å². The number of hydrogen-bond acceptors (Lipinski definition) is 3. The van der Waals surface area contributed by atoms with E-state index in [1.54, 1.807) is 18.3 Å². The van der Waals surface area contributed by atoms with Crippen LogP contribution in [0.1, 0.15) is 18.9 Å². The first-order valence-electron chi connectivity index (χ1n) is 6.53. The van der Waals surface area contributed by atoms with E-state index < -0.39 is 12.6 Å². The Hall–Kier alpha value is -1.99. The third-order valence-corrected chi connectivity index (χ3v) is 2.50. The van der Waals surface area contributed by atoms with E-state index in [1.165, 1.54) is 7.11 Å². The fourth-order valence-corrected chi connectivity index (χ4v) is 1.56. The van der Waals surface area contributed by atoms with Gasteiger partial charge in [-0.1, -0.05) is 6.07 Å². The Kier molecular flexibility index (Phi) is 6.77. The molecule has 1 aromatic heterocycles. The number of halogens is 3. The van der Waals surface area contributed by atoms with Gasteiger partial charge < -0.3 is 15.4 Å². The second-order valence-electron chi connectivity index (χ2n) is 4.16. The van der Waals surface area contributed by atoms with Gasteiger partial charge in [-0.05, 0) is 13.0 Å². The number of hydrogen-bond donors (Lipinski definition) is 2. The third kappa shape index (κ3) is 6.82. The molecule has 0 bridgehead atoms. The number of methoxy groups -OCH3 is 1. The van der Waals surface area contributed by atoms with Gasteiger partial charge in [-0.15, -0.1) is 0 Å². The molecular weight excluding hydrogens is 285 g/mol. The van der Waals surface area contributed by atoms with E-state index >= 15 is 0 Å². The van der Waals surface area contributed by atoms with E-state index in [2.05, 4.69) is 20.6 Å². The van der Waals surface area contributed by atoms with Gasteiger partial charge in [0.15, 0.2) is 5.96 Å². The van der Waals surface area contributed by atoms with Gasteiger partial charge in [0.05, 0.1) is 20.1 Å². The molecular formula is C13H19F3N4O. The number of nitrogens with one attached hydrogen (secondary N) is 2. The van der Waals surface area contributed by atoms with Crippen LogP contribution >= 0.6 is 0 Å². The predicted molar refractivity (Wildman–Crippen MR) is 74.3 cm³/mol. The second-order valence-corrected chi connectivity index (χ2v) is 4.16. The molecule has 1 rings (SSSR count). The molecule has 0 saturated heterocycles. The average molecular weight is 304 g/mol. The van der Waals surface area contributed by atoms with Crippen molar-refractivity contribution in [3.63, 3.8) is 0 Å². The van der Waals surface area contributed by atoms with Crippen molar-refractivity contribution in [3.05, 3.63) is 23.9 Å². The lowest BCUT2D eigenvalue weighted by molar-refractivity contribution is -0.132. The Labute approximate surface area is 121 Å². The van der Waals surface area contributed by atoms with Gasteiger partial charge in [-0.25, -0.2) is 9.98 Å². The number of nitrogens with zero attached hydrogens (tertiary/aromatic N) is 2. The van der Waals surface area contributed by atoms with Gasteiger partial charge in [-0.2, -0.15) is 13.2 Å². The Morgan fingerprint density at radius 2 is 2.14 bits per heavy atom. The molecule has 1 aromatic rings. The summed E-state index contributed by atoms with van der Waals surface area (Å²) in [6.07, 6.45) is -3.50. The quantitative estimate of drug-likeness (QED) is 0.624. The summed E-state index contributed by atoms with van der Waals surface area (Å²) in [4.78, 5) is 8.25. The van der Waals surface area contributed by atoms with Crippen LogP contribution in [0.5, 0.6) is 5.88 Å². The number of aliphatic imine (C=N–C) groups is 1. The highest BCUT2D eigenvalue weighted by molar-refractivity contribution is 5.79. The molecule has 0 unspecified atom stereocenters. The van der Waals surface area contributed by atoms with Crippen LogP contribution in [0.25, 0.3) is 0 Å². The number of rotatable bonds is 6. The molecule has 0 amide bonds. The number of ether oxygens (including phenoxy) is 1. The van der Waals surface area contributed by atoms with Gasteiger partial charge in [-0.3, -0.25) is 0 Å². The molecule has 0 spiro atoms. The minimum Gasteiger partial charge on any atom is -0.481 e. The monoisotopic (exact) mass is 304 g/mol. The largest absolute Gasteiger partial charge is 0.481 e. The maximum Gasteiger partial charge on any atom is 0.390 e. The summed E-state index contributed by atoms with van der Waals surface area (Å²) < 4.78 is 41.4. The van der Waals surface area contributed by atoms with E-state index in [-0.39, 0.29) is 13.1 Å². The van der Waals surface area contributed by atoms with Crippen molar-refractivity contribution in [2.75, 3.05) is 20.2 Å². The molecule has 0 aliphatic carbocycles. The Bertz CT molecular complexity index is 463. The molecule has 21 heavy (non-hydrogen) atoms. The molecule has 0 aliphatic rings. The first-order chi connectivity index (χ1) is 9.96. The minimum absolute atomic E-state index is 0.223. The van der Waals surface area contributed by atoms with Crippen LogP contribution in [0.4, 0.5) is 13.2 Å². The van der Waals surface area contributed by atoms with Gasteiger partial charge in [0.1, 0.15) is 0 Å². The predicted octanol–water partition coefficient (Wildman–Crippen LogP) is 2.10. The fraction of sp³-hybridized carbons (Fsp3) is 0.538. The van der Waals surface area contributed by atoms with Crippen molar-refractivity contribution in [3.8, 4) is 5.88 Å². The van der Waals surface area contributed by atoms with E-state index in [1.807, 2.05) is 6.92 Å². The fourth-order valence-electron chi connectivity index (χ4n) is 1.56. The van der Waals surface area contributed by atoms with Gasteiger partial charge in [0.2, 0.25) is 5.88 Å². The van der Waals surface area contributed by atoms with Crippen LogP contribution in [0.15, 0.2) is 23.3 Å². The van der Waals surface area contributed by atoms with Crippen molar-refractivity contribution in [1.29, 1.82) is 0 Å². The first-order valence-corrected chi connectivity index (χ1v) is 6.53. The Balaban J connectivity index is 2.62. The molecule has 0 aromatic carbocycles. The van der Waals surface area contributed by atoms with Crippen molar-refractivity contribution in [2.24, 2.45) is 4.99 Å². The van der Waals surface area contributed by atoms with Crippen LogP contribution in [0, 0.1) is 0 Å². The maximum atomic E-state index is 12.1. The van der Waals surface area contributed by atoms with Crippen LogP contribution in [-0.2, 0) is 6.54 Å². The lowest BCUT2D eigenvalue weighted by Crippen LogP contribution is -2.38. The van der Waals surface area contributed by atoms with E-state index in [0.29, 0.717) is 18.4 Å². The molecule has 0 radical (unpaired) electrons. The summed E-state index contributed by atoms with van der Waals surface area (Å²) in [6.45, 7) is 2.44. The first kappa shape index (κ1) is 17.1. The van der Waals surface area contributed by atoms with E-state index in [0.717, 1.165) is 5.56 Å². The number of alkyl halides is 3. The molecule has 5 nitrogen and oxygen atoms in total. The van der Waals surface area contributed by atoms with E-state index in [9.17, 15) is 13.2 Å². The van der Waals surface area contributed by atoms with Gasteiger partial charge in [0, 0.05) is 24.8 Å². The molecule has 118 valence electrons. The summed E-state index contributed by atoms with van der Waals surface area (Å²) in [7, 11) is 1.50. The van der Waals surface area contributed by atoms with Crippen molar-refractivity contribution >= 4 is 5.96 Å². The van der Waals surface area contributed by atoms with Gasteiger partial charge >= 0.3 is 6.18 Å². The third-order valence-electron chi connectivity index (χ3n) is 2.50. The van der Waals surface area contributed by atoms with Gasteiger partial charge in [0.25, 0.3) is 0 Å². The Morgan fingerprint density at radius 3 is 2.76 bits per heavy atom. The zero-order valence-corrected chi connectivity index (χ0v) is 12.0. The maximum absolute atomic E-state index is 12.1. The SMILES string of the molecule is CCNC(=NCc1cccnc1OC)NCCC(F)(F)F. The van der Waals surface area contributed by atoms with E-state index in [4.69, 9.17) is 4.74 Å². The average Bonchev–Trinajstić information content (AvgIpc) is 2.43. The van der Waals surface area contributed by atoms with Crippen LogP contribution in [0.2, 0.25) is 0 Å². The highest BCUT2D eigenvalue weighted by Crippen LogP contribution is 2.18. The summed E-state index contributed by atoms with van der Waals surface area (Å²) >= 11 is 0.